The molecule has 0 aromatic carbocycles. The molecule has 0 aliphatic carbocycles. The van der Waals surface area contributed by atoms with E-state index in [9.17, 15) is 14.7 Å². The summed E-state index contributed by atoms with van der Waals surface area (Å²) in [5.41, 5.74) is -0.433. The molecule has 0 bridgehead atoms. The molecule has 0 aromatic heterocycles. The van der Waals surface area contributed by atoms with Gasteiger partial charge in [0.25, 0.3) is 0 Å². The van der Waals surface area contributed by atoms with E-state index < -0.39 is 0 Å². The maximum atomic E-state index is 12.2. The van der Waals surface area contributed by atoms with Crippen molar-refractivity contribution in [2.45, 2.75) is 60.3 Å². The Bertz CT molecular complexity index is 405. The molecule has 1 saturated heterocycles. The number of hydrogen-bond donors (Lipinski definition) is 2. The topological polar surface area (TPSA) is 69.6 Å². The van der Waals surface area contributed by atoms with Crippen LogP contribution in [0.1, 0.15) is 60.3 Å². The third-order valence-corrected chi connectivity index (χ3v) is 4.55. The van der Waals surface area contributed by atoms with Crippen LogP contribution in [0.15, 0.2) is 0 Å². The summed E-state index contributed by atoms with van der Waals surface area (Å²) in [6.45, 7) is 12.0. The normalized spacial score (nSPS) is 17.2. The zero-order valence-corrected chi connectivity index (χ0v) is 15.4. The first kappa shape index (κ1) is 19.9. The molecule has 23 heavy (non-hydrogen) atoms. The maximum Gasteiger partial charge on any atom is 0.227 e. The van der Waals surface area contributed by atoms with Gasteiger partial charge < -0.3 is 15.3 Å². The average molecular weight is 326 g/mol. The van der Waals surface area contributed by atoms with E-state index in [4.69, 9.17) is 0 Å². The van der Waals surface area contributed by atoms with Gasteiger partial charge >= 0.3 is 0 Å². The maximum absolute atomic E-state index is 12.2. The van der Waals surface area contributed by atoms with E-state index in [-0.39, 0.29) is 35.2 Å². The zero-order chi connectivity index (χ0) is 17.7. The van der Waals surface area contributed by atoms with Crippen molar-refractivity contribution in [2.24, 2.45) is 16.7 Å². The van der Waals surface area contributed by atoms with Gasteiger partial charge in [0, 0.05) is 37.6 Å². The molecule has 1 fully saturated rings. The second-order valence-electron chi connectivity index (χ2n) is 8.53. The van der Waals surface area contributed by atoms with Gasteiger partial charge in [0.05, 0.1) is 0 Å². The highest BCUT2D eigenvalue weighted by atomic mass is 16.3. The summed E-state index contributed by atoms with van der Waals surface area (Å²) in [4.78, 5) is 26.3. The fourth-order valence-electron chi connectivity index (χ4n) is 2.82. The van der Waals surface area contributed by atoms with Crippen LogP contribution in [-0.4, -0.2) is 48.1 Å². The Morgan fingerprint density at radius 2 is 1.70 bits per heavy atom. The Morgan fingerprint density at radius 1 is 1.13 bits per heavy atom. The first-order valence-corrected chi connectivity index (χ1v) is 8.75. The Balaban J connectivity index is 2.29. The lowest BCUT2D eigenvalue weighted by Gasteiger charge is -2.35. The highest BCUT2D eigenvalue weighted by Crippen LogP contribution is 2.24. The third kappa shape index (κ3) is 6.50. The van der Waals surface area contributed by atoms with E-state index in [1.807, 2.05) is 39.5 Å². The highest BCUT2D eigenvalue weighted by molar-refractivity contribution is 5.82. The Morgan fingerprint density at radius 3 is 2.17 bits per heavy atom. The quantitative estimate of drug-likeness (QED) is 0.735. The minimum atomic E-state index is -0.353. The van der Waals surface area contributed by atoms with Gasteiger partial charge in [-0.2, -0.15) is 0 Å². The average Bonchev–Trinajstić information content (AvgIpc) is 2.50. The van der Waals surface area contributed by atoms with Crippen molar-refractivity contribution >= 4 is 11.8 Å². The summed E-state index contributed by atoms with van der Waals surface area (Å²) in [5, 5.41) is 12.2. The third-order valence-electron chi connectivity index (χ3n) is 4.55. The van der Waals surface area contributed by atoms with Crippen molar-refractivity contribution in [1.29, 1.82) is 0 Å². The van der Waals surface area contributed by atoms with Crippen LogP contribution >= 0.6 is 0 Å². The summed E-state index contributed by atoms with van der Waals surface area (Å²) < 4.78 is 0. The van der Waals surface area contributed by atoms with Gasteiger partial charge in [0.1, 0.15) is 0 Å². The summed E-state index contributed by atoms with van der Waals surface area (Å²) in [6, 6.07) is 0. The molecule has 1 aliphatic rings. The molecular formula is C18H34N2O3. The van der Waals surface area contributed by atoms with E-state index in [0.29, 0.717) is 19.6 Å². The number of nitrogens with one attached hydrogen (secondary N) is 1. The fourth-order valence-corrected chi connectivity index (χ4v) is 2.82. The Labute approximate surface area is 140 Å². The molecule has 0 atom stereocenters. The first-order chi connectivity index (χ1) is 10.6. The van der Waals surface area contributed by atoms with Crippen LogP contribution in [0.4, 0.5) is 0 Å². The second-order valence-corrected chi connectivity index (χ2v) is 8.53. The Kier molecular flexibility index (Phi) is 7.05. The van der Waals surface area contributed by atoms with Gasteiger partial charge in [-0.15, -0.1) is 0 Å². The van der Waals surface area contributed by atoms with Crippen LogP contribution in [0.2, 0.25) is 0 Å². The largest absolute Gasteiger partial charge is 0.396 e. The molecule has 0 aromatic rings. The number of hydrogen-bond acceptors (Lipinski definition) is 3. The molecule has 2 N–H and O–H groups in total. The lowest BCUT2D eigenvalue weighted by molar-refractivity contribution is -0.142. The minimum absolute atomic E-state index is 0.0184. The summed E-state index contributed by atoms with van der Waals surface area (Å²) in [7, 11) is 0. The van der Waals surface area contributed by atoms with E-state index in [1.165, 1.54) is 0 Å². The summed E-state index contributed by atoms with van der Waals surface area (Å²) >= 11 is 0. The molecule has 5 heteroatoms. The van der Waals surface area contributed by atoms with Crippen molar-refractivity contribution < 1.29 is 14.7 Å². The molecule has 1 heterocycles. The number of aliphatic hydroxyl groups excluding tert-OH is 1. The monoisotopic (exact) mass is 326 g/mol. The number of likely N-dealkylation sites (tertiary alicyclic amines) is 1. The van der Waals surface area contributed by atoms with Gasteiger partial charge in [-0.05, 0) is 31.1 Å². The van der Waals surface area contributed by atoms with Crippen LogP contribution < -0.4 is 5.32 Å². The zero-order valence-electron chi connectivity index (χ0n) is 15.4. The van der Waals surface area contributed by atoms with Gasteiger partial charge in [-0.1, -0.05) is 34.6 Å². The molecule has 0 saturated carbocycles. The molecule has 0 unspecified atom stereocenters. The van der Waals surface area contributed by atoms with Gasteiger partial charge in [-0.3, -0.25) is 9.59 Å². The van der Waals surface area contributed by atoms with Crippen molar-refractivity contribution in [3.05, 3.63) is 0 Å². The molecular weight excluding hydrogens is 292 g/mol. The molecule has 5 nitrogen and oxygen atoms in total. The minimum Gasteiger partial charge on any atom is -0.396 e. The summed E-state index contributed by atoms with van der Waals surface area (Å²) in [5.74, 6) is 0.294. The second kappa shape index (κ2) is 8.13. The predicted molar refractivity (Wildman–Crippen MR) is 91.9 cm³/mol. The molecule has 1 aliphatic heterocycles. The number of nitrogens with zero attached hydrogens (tertiary/aromatic N) is 1. The van der Waals surface area contributed by atoms with Gasteiger partial charge in [0.2, 0.25) is 11.8 Å². The van der Waals surface area contributed by atoms with Gasteiger partial charge in [0.15, 0.2) is 0 Å². The number of carbonyl (C=O) groups is 2. The molecule has 134 valence electrons. The molecule has 0 radical (unpaired) electrons. The van der Waals surface area contributed by atoms with E-state index in [2.05, 4.69) is 5.32 Å². The molecule has 2 amide bonds. The van der Waals surface area contributed by atoms with Crippen LogP contribution in [0.3, 0.4) is 0 Å². The van der Waals surface area contributed by atoms with E-state index in [0.717, 1.165) is 25.7 Å². The van der Waals surface area contributed by atoms with Crippen molar-refractivity contribution in [2.75, 3.05) is 26.2 Å². The number of carbonyl (C=O) groups excluding carboxylic acids is 2. The van der Waals surface area contributed by atoms with Crippen molar-refractivity contribution in [3.8, 4) is 0 Å². The van der Waals surface area contributed by atoms with E-state index >= 15 is 0 Å². The lowest BCUT2D eigenvalue weighted by atomic mass is 9.89. The lowest BCUT2D eigenvalue weighted by Crippen LogP contribution is -2.46. The standard InChI is InChI=1S/C18H34N2O3/c1-17(2,3)16(23)20-11-7-14(8-12-20)15(22)19-10-6-9-18(4,5)13-21/h14,21H,6-13H2,1-5H3,(H,19,22). The van der Waals surface area contributed by atoms with Crippen LogP contribution in [0, 0.1) is 16.7 Å². The number of amides is 2. The SMILES string of the molecule is CC(C)(CO)CCCNC(=O)C1CCN(C(=O)C(C)(C)C)CC1. The molecule has 1 rings (SSSR count). The van der Waals surface area contributed by atoms with Gasteiger partial charge in [-0.25, -0.2) is 0 Å². The number of piperidine rings is 1. The van der Waals surface area contributed by atoms with Crippen LogP contribution in [-0.2, 0) is 9.59 Å². The van der Waals surface area contributed by atoms with Crippen molar-refractivity contribution in [3.63, 3.8) is 0 Å². The number of rotatable bonds is 6. The predicted octanol–water partition coefficient (Wildman–Crippen LogP) is 2.19. The Hall–Kier alpha value is -1.10. The summed E-state index contributed by atoms with van der Waals surface area (Å²) in [6.07, 6.45) is 3.26. The highest BCUT2D eigenvalue weighted by Gasteiger charge is 2.32. The molecule has 0 spiro atoms. The van der Waals surface area contributed by atoms with Crippen molar-refractivity contribution in [1.82, 2.24) is 10.2 Å². The van der Waals surface area contributed by atoms with Crippen LogP contribution in [0.25, 0.3) is 0 Å². The van der Waals surface area contributed by atoms with E-state index in [1.54, 1.807) is 0 Å². The fraction of sp³-hybridized carbons (Fsp3) is 0.889. The number of aliphatic hydroxyl groups is 1. The smallest absolute Gasteiger partial charge is 0.227 e. The van der Waals surface area contributed by atoms with Crippen LogP contribution in [0.5, 0.6) is 0 Å². The first-order valence-electron chi connectivity index (χ1n) is 8.75.